The van der Waals surface area contributed by atoms with Crippen molar-refractivity contribution in [1.29, 1.82) is 0 Å². The highest BCUT2D eigenvalue weighted by molar-refractivity contribution is 5.90. The average molecular weight is 441 g/mol. The summed E-state index contributed by atoms with van der Waals surface area (Å²) in [5.41, 5.74) is 6.68. The summed E-state index contributed by atoms with van der Waals surface area (Å²) in [6.45, 7) is 5.48. The number of aromatic nitrogens is 4. The molecular formula is C25H24N6O2. The van der Waals surface area contributed by atoms with Gasteiger partial charge in [0.2, 0.25) is 12.3 Å². The van der Waals surface area contributed by atoms with Gasteiger partial charge >= 0.3 is 0 Å². The van der Waals surface area contributed by atoms with Crippen LogP contribution in [-0.2, 0) is 9.59 Å². The third-order valence-corrected chi connectivity index (χ3v) is 4.94. The molecule has 2 aromatic heterocycles. The number of anilines is 2. The molecule has 0 atom stereocenters. The molecule has 0 saturated carbocycles. The van der Waals surface area contributed by atoms with Gasteiger partial charge in [-0.1, -0.05) is 13.8 Å². The van der Waals surface area contributed by atoms with Crippen molar-refractivity contribution >= 4 is 45.8 Å². The summed E-state index contributed by atoms with van der Waals surface area (Å²) in [7, 11) is 0. The van der Waals surface area contributed by atoms with Crippen molar-refractivity contribution in [1.82, 2.24) is 19.9 Å². The lowest BCUT2D eigenvalue weighted by Crippen LogP contribution is -2.05. The molecule has 166 valence electrons. The molecule has 0 aliphatic heterocycles. The maximum absolute atomic E-state index is 11.2. The van der Waals surface area contributed by atoms with Crippen LogP contribution in [0.5, 0.6) is 0 Å². The predicted molar refractivity (Wildman–Crippen MR) is 132 cm³/mol. The number of amides is 2. The van der Waals surface area contributed by atoms with Gasteiger partial charge in [0, 0.05) is 29.4 Å². The van der Waals surface area contributed by atoms with Crippen molar-refractivity contribution in [3.63, 3.8) is 0 Å². The van der Waals surface area contributed by atoms with Crippen LogP contribution < -0.4 is 10.6 Å². The molecule has 0 bridgehead atoms. The molecule has 0 aliphatic rings. The number of nitrogens with one attached hydrogen (secondary N) is 4. The van der Waals surface area contributed by atoms with Crippen LogP contribution in [0.2, 0.25) is 0 Å². The molecule has 0 fully saturated rings. The van der Waals surface area contributed by atoms with Crippen molar-refractivity contribution in [3.05, 3.63) is 60.7 Å². The number of aromatic amines is 2. The fourth-order valence-electron chi connectivity index (χ4n) is 3.51. The van der Waals surface area contributed by atoms with E-state index in [2.05, 4.69) is 30.6 Å². The lowest BCUT2D eigenvalue weighted by atomic mass is 10.2. The summed E-state index contributed by atoms with van der Waals surface area (Å²) >= 11 is 0. The lowest BCUT2D eigenvalue weighted by molar-refractivity contribution is -0.114. The van der Waals surface area contributed by atoms with E-state index in [9.17, 15) is 9.59 Å². The minimum atomic E-state index is -0.106. The molecule has 5 rings (SSSR count). The Balaban J connectivity index is 0.00000126. The zero-order valence-corrected chi connectivity index (χ0v) is 18.6. The third-order valence-electron chi connectivity index (χ3n) is 4.94. The molecule has 0 saturated heterocycles. The smallest absolute Gasteiger partial charge is 0.221 e. The number of fused-ring (bicyclic) bond motifs is 2. The van der Waals surface area contributed by atoms with Crippen LogP contribution in [-0.4, -0.2) is 32.3 Å². The van der Waals surface area contributed by atoms with Gasteiger partial charge in [-0.15, -0.1) is 0 Å². The molecule has 8 nitrogen and oxygen atoms in total. The lowest BCUT2D eigenvalue weighted by Gasteiger charge is -2.02. The van der Waals surface area contributed by atoms with Gasteiger partial charge in [-0.2, -0.15) is 0 Å². The number of H-pyrrole nitrogens is 2. The normalized spacial score (nSPS) is 10.5. The predicted octanol–water partition coefficient (Wildman–Crippen LogP) is 5.33. The fourth-order valence-corrected chi connectivity index (χ4v) is 3.51. The molecule has 0 radical (unpaired) electrons. The van der Waals surface area contributed by atoms with Gasteiger partial charge in [0.25, 0.3) is 0 Å². The number of nitrogens with zero attached hydrogens (tertiary/aromatic N) is 2. The number of hydrogen-bond donors (Lipinski definition) is 4. The topological polar surface area (TPSA) is 116 Å². The van der Waals surface area contributed by atoms with Crippen LogP contribution in [0.4, 0.5) is 11.4 Å². The average Bonchev–Trinajstić information content (AvgIpc) is 3.44. The maximum Gasteiger partial charge on any atom is 0.221 e. The van der Waals surface area contributed by atoms with Gasteiger partial charge in [-0.3, -0.25) is 9.59 Å². The van der Waals surface area contributed by atoms with Crippen LogP contribution in [0.25, 0.3) is 44.8 Å². The Morgan fingerprint density at radius 2 is 1.33 bits per heavy atom. The molecule has 5 aromatic rings. The Kier molecular flexibility index (Phi) is 6.17. The van der Waals surface area contributed by atoms with Crippen molar-refractivity contribution in [2.75, 3.05) is 10.6 Å². The van der Waals surface area contributed by atoms with E-state index < -0.39 is 0 Å². The maximum atomic E-state index is 11.2. The first-order valence-corrected chi connectivity index (χ1v) is 10.7. The number of carbonyl (C=O) groups excluding carboxylic acids is 2. The van der Waals surface area contributed by atoms with Gasteiger partial charge in [0.1, 0.15) is 11.6 Å². The first kappa shape index (κ1) is 21.8. The quantitative estimate of drug-likeness (QED) is 0.277. The van der Waals surface area contributed by atoms with Gasteiger partial charge < -0.3 is 20.6 Å². The monoisotopic (exact) mass is 440 g/mol. The molecular weight excluding hydrogens is 416 g/mol. The number of rotatable bonds is 5. The van der Waals surface area contributed by atoms with Crippen LogP contribution in [0.1, 0.15) is 20.8 Å². The minimum Gasteiger partial charge on any atom is -0.338 e. The number of carbonyl (C=O) groups is 2. The Hall–Kier alpha value is -4.46. The summed E-state index contributed by atoms with van der Waals surface area (Å²) in [5.74, 6) is 1.37. The molecule has 4 N–H and O–H groups in total. The second-order valence-electron chi connectivity index (χ2n) is 7.16. The van der Waals surface area contributed by atoms with Crippen molar-refractivity contribution < 1.29 is 9.59 Å². The number of imidazole rings is 2. The highest BCUT2D eigenvalue weighted by atomic mass is 16.1. The van der Waals surface area contributed by atoms with E-state index in [1.54, 1.807) is 0 Å². The van der Waals surface area contributed by atoms with Gasteiger partial charge in [-0.05, 0) is 60.7 Å². The van der Waals surface area contributed by atoms with Gasteiger partial charge in [-0.25, -0.2) is 9.97 Å². The molecule has 2 heterocycles. The van der Waals surface area contributed by atoms with E-state index in [1.165, 1.54) is 6.92 Å². The van der Waals surface area contributed by atoms with Crippen molar-refractivity contribution in [2.45, 2.75) is 20.8 Å². The van der Waals surface area contributed by atoms with E-state index in [-0.39, 0.29) is 5.91 Å². The summed E-state index contributed by atoms with van der Waals surface area (Å²) < 4.78 is 0. The zero-order chi connectivity index (χ0) is 23.4. The molecule has 3 aromatic carbocycles. The number of benzene rings is 3. The van der Waals surface area contributed by atoms with E-state index in [4.69, 9.17) is 0 Å². The Morgan fingerprint density at radius 1 is 0.788 bits per heavy atom. The van der Waals surface area contributed by atoms with Gasteiger partial charge in [0.05, 0.1) is 22.1 Å². The number of hydrogen-bond acceptors (Lipinski definition) is 4. The molecule has 0 unspecified atom stereocenters. The minimum absolute atomic E-state index is 0.106. The SMILES string of the molecule is CC.CC(=O)Nc1ccc(-c2nc3ccc(-c4nc5ccc(NC=O)cc5[nH]4)cc3[nH]2)cc1. The first-order chi connectivity index (χ1) is 16.1. The Morgan fingerprint density at radius 3 is 1.97 bits per heavy atom. The van der Waals surface area contributed by atoms with Gasteiger partial charge in [0.15, 0.2) is 0 Å². The standard InChI is InChI=1S/C23H18N6O2.C2H6/c1-13(31)25-16-5-2-14(3-6-16)22-26-18-8-4-15(10-20(18)28-22)23-27-19-9-7-17(24-12-30)11-21(19)29-23;1-2/h2-12H,1H3,(H,24,30)(H,25,31)(H,26,28)(H,27,29);1-2H3. The molecule has 2 amide bonds. The molecule has 8 heteroatoms. The largest absolute Gasteiger partial charge is 0.338 e. The van der Waals surface area contributed by atoms with E-state index in [0.29, 0.717) is 12.1 Å². The summed E-state index contributed by atoms with van der Waals surface area (Å²) in [6.07, 6.45) is 0.648. The molecule has 0 spiro atoms. The van der Waals surface area contributed by atoms with Crippen LogP contribution in [0, 0.1) is 0 Å². The molecule has 0 aliphatic carbocycles. The van der Waals surface area contributed by atoms with Crippen LogP contribution in [0.15, 0.2) is 60.7 Å². The van der Waals surface area contributed by atoms with Crippen molar-refractivity contribution in [3.8, 4) is 22.8 Å². The van der Waals surface area contributed by atoms with E-state index >= 15 is 0 Å². The van der Waals surface area contributed by atoms with E-state index in [1.807, 2.05) is 74.5 Å². The second kappa shape index (κ2) is 9.35. The second-order valence-corrected chi connectivity index (χ2v) is 7.16. The van der Waals surface area contributed by atoms with Crippen LogP contribution >= 0.6 is 0 Å². The zero-order valence-electron chi connectivity index (χ0n) is 18.6. The summed E-state index contributed by atoms with van der Waals surface area (Å²) in [5, 5.41) is 5.40. The Labute approximate surface area is 190 Å². The fraction of sp³-hybridized carbons (Fsp3) is 0.120. The highest BCUT2D eigenvalue weighted by Crippen LogP contribution is 2.27. The third kappa shape index (κ3) is 4.59. The first-order valence-electron chi connectivity index (χ1n) is 10.7. The highest BCUT2D eigenvalue weighted by Gasteiger charge is 2.10. The summed E-state index contributed by atoms with van der Waals surface area (Å²) in [6, 6.07) is 18.9. The molecule has 33 heavy (non-hydrogen) atoms. The summed E-state index contributed by atoms with van der Waals surface area (Å²) in [4.78, 5) is 37.8. The van der Waals surface area contributed by atoms with Crippen LogP contribution in [0.3, 0.4) is 0 Å². The van der Waals surface area contributed by atoms with E-state index in [0.717, 1.165) is 50.5 Å². The Bertz CT molecular complexity index is 1430. The van der Waals surface area contributed by atoms with Crippen molar-refractivity contribution in [2.24, 2.45) is 0 Å².